The van der Waals surface area contributed by atoms with Crippen molar-refractivity contribution in [3.8, 4) is 5.06 Å². The molecule has 14 heavy (non-hydrogen) atoms. The maximum absolute atomic E-state index is 11.8. The highest BCUT2D eigenvalue weighted by Gasteiger charge is 2.27. The lowest BCUT2D eigenvalue weighted by molar-refractivity contribution is 0.169. The van der Waals surface area contributed by atoms with E-state index in [4.69, 9.17) is 13.6 Å². The number of rotatable bonds is 6. The predicted octanol–water partition coefficient (Wildman–Crippen LogP) is 3.31. The van der Waals surface area contributed by atoms with Crippen molar-refractivity contribution in [1.82, 2.24) is 0 Å². The maximum atomic E-state index is 11.8. The lowest BCUT2D eigenvalue weighted by atomic mass is 10.7. The molecule has 0 aliphatic heterocycles. The monoisotopic (exact) mass is 236 g/mol. The molecule has 80 valence electrons. The molecule has 0 aromatic carbocycles. The van der Waals surface area contributed by atoms with Gasteiger partial charge in [0.15, 0.2) is 5.06 Å². The molecule has 0 unspecified atom stereocenters. The molecule has 0 spiro atoms. The zero-order valence-corrected chi connectivity index (χ0v) is 9.85. The Bertz CT molecular complexity index is 288. The number of hydrogen-bond acceptors (Lipinski definition) is 5. The molecule has 1 aromatic heterocycles. The molecule has 0 saturated carbocycles. The van der Waals surface area contributed by atoms with E-state index in [0.29, 0.717) is 18.3 Å². The molecule has 0 bridgehead atoms. The normalized spacial score (nSPS) is 11.6. The van der Waals surface area contributed by atoms with Crippen LogP contribution < -0.4 is 4.52 Å². The molecule has 1 rings (SSSR count). The highest BCUT2D eigenvalue weighted by atomic mass is 32.1. The van der Waals surface area contributed by atoms with Gasteiger partial charge >= 0.3 is 7.82 Å². The molecule has 4 nitrogen and oxygen atoms in total. The summed E-state index contributed by atoms with van der Waals surface area (Å²) in [6.07, 6.45) is 0. The van der Waals surface area contributed by atoms with Crippen LogP contribution in [-0.2, 0) is 13.6 Å². The number of phosphoric acid groups is 1. The van der Waals surface area contributed by atoms with Crippen LogP contribution in [0, 0.1) is 0 Å². The molecule has 0 aliphatic carbocycles. The lowest BCUT2D eigenvalue weighted by Crippen LogP contribution is -2.01. The van der Waals surface area contributed by atoms with Crippen LogP contribution in [0.25, 0.3) is 0 Å². The minimum atomic E-state index is -3.40. The summed E-state index contributed by atoms with van der Waals surface area (Å²) in [5, 5.41) is 2.37. The SMILES string of the molecule is CCOP(=O)(OCC)Oc1cccs1. The average molecular weight is 236 g/mol. The fraction of sp³-hybridized carbons (Fsp3) is 0.500. The van der Waals surface area contributed by atoms with Gasteiger partial charge in [0, 0.05) is 0 Å². The van der Waals surface area contributed by atoms with Crippen molar-refractivity contribution in [3.05, 3.63) is 17.5 Å². The van der Waals surface area contributed by atoms with Gasteiger partial charge in [0.25, 0.3) is 0 Å². The van der Waals surface area contributed by atoms with Gasteiger partial charge in [-0.2, -0.15) is 0 Å². The Balaban J connectivity index is 2.64. The molecule has 0 amide bonds. The Morgan fingerprint density at radius 1 is 1.36 bits per heavy atom. The van der Waals surface area contributed by atoms with Gasteiger partial charge in [-0.1, -0.05) is 0 Å². The topological polar surface area (TPSA) is 44.8 Å². The van der Waals surface area contributed by atoms with Crippen LogP contribution in [0.15, 0.2) is 17.5 Å². The molecule has 0 saturated heterocycles. The van der Waals surface area contributed by atoms with Crippen molar-refractivity contribution >= 4 is 19.2 Å². The van der Waals surface area contributed by atoms with Gasteiger partial charge in [0.05, 0.1) is 13.2 Å². The number of phosphoric ester groups is 1. The van der Waals surface area contributed by atoms with Crippen molar-refractivity contribution in [3.63, 3.8) is 0 Å². The predicted molar refractivity (Wildman–Crippen MR) is 55.8 cm³/mol. The highest BCUT2D eigenvalue weighted by molar-refractivity contribution is 7.49. The van der Waals surface area contributed by atoms with Gasteiger partial charge in [-0.3, -0.25) is 9.05 Å². The van der Waals surface area contributed by atoms with E-state index in [1.165, 1.54) is 11.3 Å². The summed E-state index contributed by atoms with van der Waals surface area (Å²) in [6.45, 7) is 4.07. The van der Waals surface area contributed by atoms with E-state index >= 15 is 0 Å². The summed E-state index contributed by atoms with van der Waals surface area (Å²) < 4.78 is 26.9. The smallest absolute Gasteiger partial charge is 0.394 e. The van der Waals surface area contributed by atoms with Crippen molar-refractivity contribution in [1.29, 1.82) is 0 Å². The average Bonchev–Trinajstić information content (AvgIpc) is 2.57. The van der Waals surface area contributed by atoms with Crippen LogP contribution in [0.4, 0.5) is 0 Å². The Morgan fingerprint density at radius 2 is 2.00 bits per heavy atom. The molecular formula is C8H13O4PS. The summed E-state index contributed by atoms with van der Waals surface area (Å²) in [7, 11) is -3.40. The molecule has 1 aromatic rings. The molecule has 0 N–H and O–H groups in total. The summed E-state index contributed by atoms with van der Waals surface area (Å²) >= 11 is 1.35. The van der Waals surface area contributed by atoms with Gasteiger partial charge in [0.2, 0.25) is 0 Å². The van der Waals surface area contributed by atoms with Crippen LogP contribution >= 0.6 is 19.2 Å². The van der Waals surface area contributed by atoms with E-state index in [1.54, 1.807) is 19.9 Å². The molecule has 0 aliphatic rings. The quantitative estimate of drug-likeness (QED) is 0.711. The van der Waals surface area contributed by atoms with Gasteiger partial charge in [0.1, 0.15) is 0 Å². The first-order chi connectivity index (χ1) is 6.70. The third-order valence-electron chi connectivity index (χ3n) is 1.27. The number of thiophene rings is 1. The van der Waals surface area contributed by atoms with Crippen molar-refractivity contribution in [2.75, 3.05) is 13.2 Å². The van der Waals surface area contributed by atoms with Crippen molar-refractivity contribution < 1.29 is 18.1 Å². The third kappa shape index (κ3) is 3.42. The van der Waals surface area contributed by atoms with Gasteiger partial charge < -0.3 is 4.52 Å². The first-order valence-electron chi connectivity index (χ1n) is 4.32. The Kier molecular flexibility index (Phi) is 4.62. The Morgan fingerprint density at radius 3 is 2.43 bits per heavy atom. The van der Waals surface area contributed by atoms with Gasteiger partial charge in [-0.15, -0.1) is 11.3 Å². The minimum Gasteiger partial charge on any atom is -0.394 e. The lowest BCUT2D eigenvalue weighted by Gasteiger charge is -2.15. The van der Waals surface area contributed by atoms with Crippen LogP contribution in [0.3, 0.4) is 0 Å². The molecule has 0 radical (unpaired) electrons. The van der Waals surface area contributed by atoms with E-state index < -0.39 is 7.82 Å². The van der Waals surface area contributed by atoms with E-state index in [2.05, 4.69) is 0 Å². The van der Waals surface area contributed by atoms with E-state index in [0.717, 1.165) is 0 Å². The first-order valence-corrected chi connectivity index (χ1v) is 6.66. The van der Waals surface area contributed by atoms with Gasteiger partial charge in [-0.05, 0) is 31.4 Å². The van der Waals surface area contributed by atoms with E-state index in [9.17, 15) is 4.57 Å². The maximum Gasteiger partial charge on any atom is 0.530 e. The summed E-state index contributed by atoms with van der Waals surface area (Å²) in [6, 6.07) is 3.53. The highest BCUT2D eigenvalue weighted by Crippen LogP contribution is 2.50. The van der Waals surface area contributed by atoms with Crippen molar-refractivity contribution in [2.45, 2.75) is 13.8 Å². The molecule has 1 heterocycles. The van der Waals surface area contributed by atoms with Crippen LogP contribution in [0.5, 0.6) is 5.06 Å². The summed E-state index contributed by atoms with van der Waals surface area (Å²) in [5.41, 5.74) is 0. The van der Waals surface area contributed by atoms with Gasteiger partial charge in [-0.25, -0.2) is 4.57 Å². The standard InChI is InChI=1S/C8H13O4PS/c1-3-10-13(9,11-4-2)12-8-6-5-7-14-8/h5-7H,3-4H2,1-2H3. The zero-order valence-electron chi connectivity index (χ0n) is 8.13. The largest absolute Gasteiger partial charge is 0.530 e. The van der Waals surface area contributed by atoms with Crippen LogP contribution in [0.2, 0.25) is 0 Å². The van der Waals surface area contributed by atoms with Crippen molar-refractivity contribution in [2.24, 2.45) is 0 Å². The fourth-order valence-corrected chi connectivity index (χ4v) is 2.82. The van der Waals surface area contributed by atoms with Crippen LogP contribution in [0.1, 0.15) is 13.8 Å². The second kappa shape index (κ2) is 5.51. The summed E-state index contributed by atoms with van der Waals surface area (Å²) in [5.74, 6) is 0. The molecule has 6 heteroatoms. The third-order valence-corrected chi connectivity index (χ3v) is 3.71. The Hall–Kier alpha value is -0.350. The molecule has 0 fully saturated rings. The Labute approximate surface area is 87.4 Å². The summed E-state index contributed by atoms with van der Waals surface area (Å²) in [4.78, 5) is 0. The van der Waals surface area contributed by atoms with E-state index in [-0.39, 0.29) is 0 Å². The van der Waals surface area contributed by atoms with E-state index in [1.807, 2.05) is 11.4 Å². The second-order valence-corrected chi connectivity index (χ2v) is 4.81. The molecule has 0 atom stereocenters. The minimum absolute atomic E-state index is 0.294. The number of hydrogen-bond donors (Lipinski definition) is 0. The molecular weight excluding hydrogens is 223 g/mol. The zero-order chi connectivity index (χ0) is 10.4. The van der Waals surface area contributed by atoms with Crippen LogP contribution in [-0.4, -0.2) is 13.2 Å². The second-order valence-electron chi connectivity index (χ2n) is 2.31. The first kappa shape index (κ1) is 11.7. The fourth-order valence-electron chi connectivity index (χ4n) is 0.832.